The molecule has 0 fully saturated rings. The molecule has 3 N–H and O–H groups in total. The standard InChI is InChI=1S/C10H13N3O4S/c1-5(9(16)17)3-11-8(15)7-4-18-10(13-7)12-6(2)14/h4-5H,3H2,1-2H3,(H,11,15)(H,16,17)(H,12,13,14). The monoisotopic (exact) mass is 271 g/mol. The first kappa shape index (κ1) is 14.1. The normalized spacial score (nSPS) is 11.7. The van der Waals surface area contributed by atoms with Crippen molar-refractivity contribution in [2.45, 2.75) is 13.8 Å². The summed E-state index contributed by atoms with van der Waals surface area (Å²) >= 11 is 1.13. The number of hydrogen-bond donors (Lipinski definition) is 3. The van der Waals surface area contributed by atoms with Gasteiger partial charge < -0.3 is 15.7 Å². The van der Waals surface area contributed by atoms with Crippen LogP contribution in [-0.2, 0) is 9.59 Å². The third-order valence-corrected chi connectivity index (χ3v) is 2.77. The van der Waals surface area contributed by atoms with Crippen molar-refractivity contribution in [3.05, 3.63) is 11.1 Å². The van der Waals surface area contributed by atoms with Crippen LogP contribution in [0.2, 0.25) is 0 Å². The number of amides is 2. The van der Waals surface area contributed by atoms with Gasteiger partial charge in [-0.25, -0.2) is 4.98 Å². The Hall–Kier alpha value is -1.96. The van der Waals surface area contributed by atoms with E-state index in [0.717, 1.165) is 11.3 Å². The maximum atomic E-state index is 11.6. The third-order valence-electron chi connectivity index (χ3n) is 2.01. The van der Waals surface area contributed by atoms with E-state index in [1.54, 1.807) is 0 Å². The molecular weight excluding hydrogens is 258 g/mol. The fourth-order valence-electron chi connectivity index (χ4n) is 1.01. The number of carbonyl (C=O) groups is 3. The molecule has 1 unspecified atom stereocenters. The number of anilines is 1. The summed E-state index contributed by atoms with van der Waals surface area (Å²) in [7, 11) is 0. The van der Waals surface area contributed by atoms with Gasteiger partial charge in [0.2, 0.25) is 5.91 Å². The van der Waals surface area contributed by atoms with E-state index >= 15 is 0 Å². The number of hydrogen-bond acceptors (Lipinski definition) is 5. The summed E-state index contributed by atoms with van der Waals surface area (Å²) in [4.78, 5) is 36.8. The lowest BCUT2D eigenvalue weighted by atomic mass is 10.2. The number of rotatable bonds is 5. The summed E-state index contributed by atoms with van der Waals surface area (Å²) in [6.45, 7) is 2.86. The highest BCUT2D eigenvalue weighted by molar-refractivity contribution is 7.14. The van der Waals surface area contributed by atoms with Gasteiger partial charge >= 0.3 is 5.97 Å². The van der Waals surface area contributed by atoms with Crippen LogP contribution in [0.1, 0.15) is 24.3 Å². The van der Waals surface area contributed by atoms with Crippen LogP contribution in [0, 0.1) is 5.92 Å². The van der Waals surface area contributed by atoms with Gasteiger partial charge in [-0.15, -0.1) is 11.3 Å². The first-order chi connectivity index (χ1) is 8.40. The summed E-state index contributed by atoms with van der Waals surface area (Å²) in [5.74, 6) is -2.37. The largest absolute Gasteiger partial charge is 0.481 e. The first-order valence-electron chi connectivity index (χ1n) is 5.14. The van der Waals surface area contributed by atoms with Gasteiger partial charge in [0, 0.05) is 18.8 Å². The maximum absolute atomic E-state index is 11.6. The van der Waals surface area contributed by atoms with E-state index in [1.807, 2.05) is 0 Å². The molecule has 18 heavy (non-hydrogen) atoms. The fourth-order valence-corrected chi connectivity index (χ4v) is 1.75. The number of thiazole rings is 1. The Bertz CT molecular complexity index is 471. The van der Waals surface area contributed by atoms with E-state index in [2.05, 4.69) is 15.6 Å². The Kier molecular flexibility index (Phi) is 4.78. The topological polar surface area (TPSA) is 108 Å². The lowest BCUT2D eigenvalue weighted by Gasteiger charge is -2.06. The Balaban J connectivity index is 2.54. The van der Waals surface area contributed by atoms with Gasteiger partial charge in [0.15, 0.2) is 5.13 Å². The zero-order valence-corrected chi connectivity index (χ0v) is 10.7. The molecule has 0 aromatic carbocycles. The summed E-state index contributed by atoms with van der Waals surface area (Å²) in [5, 5.41) is 15.4. The van der Waals surface area contributed by atoms with E-state index in [4.69, 9.17) is 5.11 Å². The number of carboxylic acid groups (broad SMARTS) is 1. The van der Waals surface area contributed by atoms with Crippen molar-refractivity contribution < 1.29 is 19.5 Å². The second-order valence-electron chi connectivity index (χ2n) is 3.67. The van der Waals surface area contributed by atoms with E-state index < -0.39 is 17.8 Å². The van der Waals surface area contributed by atoms with Crippen LogP contribution in [-0.4, -0.2) is 34.4 Å². The van der Waals surface area contributed by atoms with E-state index in [1.165, 1.54) is 19.2 Å². The molecule has 1 atom stereocenters. The Morgan fingerprint density at radius 1 is 1.50 bits per heavy atom. The minimum Gasteiger partial charge on any atom is -0.481 e. The van der Waals surface area contributed by atoms with Crippen LogP contribution in [0.25, 0.3) is 0 Å². The van der Waals surface area contributed by atoms with Gasteiger partial charge in [0.25, 0.3) is 5.91 Å². The van der Waals surface area contributed by atoms with Crippen molar-refractivity contribution in [2.24, 2.45) is 5.92 Å². The molecule has 0 bridgehead atoms. The van der Waals surface area contributed by atoms with Crippen LogP contribution in [0.3, 0.4) is 0 Å². The van der Waals surface area contributed by atoms with Crippen molar-refractivity contribution in [1.29, 1.82) is 0 Å². The maximum Gasteiger partial charge on any atom is 0.308 e. The molecule has 98 valence electrons. The minimum atomic E-state index is -0.979. The van der Waals surface area contributed by atoms with Crippen molar-refractivity contribution in [2.75, 3.05) is 11.9 Å². The predicted octanol–water partition coefficient (Wildman–Crippen LogP) is 0.552. The smallest absolute Gasteiger partial charge is 0.308 e. The molecule has 1 rings (SSSR count). The second kappa shape index (κ2) is 6.10. The lowest BCUT2D eigenvalue weighted by molar-refractivity contribution is -0.140. The van der Waals surface area contributed by atoms with Crippen molar-refractivity contribution in [3.63, 3.8) is 0 Å². The molecular formula is C10H13N3O4S. The number of nitrogens with one attached hydrogen (secondary N) is 2. The molecule has 0 aliphatic carbocycles. The molecule has 0 saturated carbocycles. The van der Waals surface area contributed by atoms with E-state index in [-0.39, 0.29) is 18.1 Å². The molecule has 0 aliphatic heterocycles. The van der Waals surface area contributed by atoms with Gasteiger partial charge in [0.1, 0.15) is 5.69 Å². The molecule has 0 spiro atoms. The second-order valence-corrected chi connectivity index (χ2v) is 4.53. The Morgan fingerprint density at radius 2 is 2.17 bits per heavy atom. The van der Waals surface area contributed by atoms with Crippen LogP contribution < -0.4 is 10.6 Å². The SMILES string of the molecule is CC(=O)Nc1nc(C(=O)NCC(C)C(=O)O)cs1. The molecule has 7 nitrogen and oxygen atoms in total. The van der Waals surface area contributed by atoms with E-state index in [9.17, 15) is 14.4 Å². The van der Waals surface area contributed by atoms with Crippen molar-refractivity contribution >= 4 is 34.3 Å². The van der Waals surface area contributed by atoms with Crippen LogP contribution >= 0.6 is 11.3 Å². The molecule has 0 saturated heterocycles. The van der Waals surface area contributed by atoms with E-state index in [0.29, 0.717) is 5.13 Å². The molecule has 2 amide bonds. The molecule has 1 aromatic rings. The van der Waals surface area contributed by atoms with Gasteiger partial charge in [-0.3, -0.25) is 14.4 Å². The predicted molar refractivity (Wildman–Crippen MR) is 65.6 cm³/mol. The number of carboxylic acids is 1. The van der Waals surface area contributed by atoms with Crippen LogP contribution in [0.15, 0.2) is 5.38 Å². The van der Waals surface area contributed by atoms with Crippen LogP contribution in [0.4, 0.5) is 5.13 Å². The van der Waals surface area contributed by atoms with Crippen molar-refractivity contribution in [1.82, 2.24) is 10.3 Å². The number of aromatic nitrogens is 1. The first-order valence-corrected chi connectivity index (χ1v) is 6.02. The quantitative estimate of drug-likeness (QED) is 0.724. The molecule has 1 aromatic heterocycles. The van der Waals surface area contributed by atoms with Crippen molar-refractivity contribution in [3.8, 4) is 0 Å². The van der Waals surface area contributed by atoms with Gasteiger partial charge in [-0.1, -0.05) is 6.92 Å². The molecule has 1 heterocycles. The average Bonchev–Trinajstić information content (AvgIpc) is 2.72. The van der Waals surface area contributed by atoms with Gasteiger partial charge in [0.05, 0.1) is 5.92 Å². The summed E-state index contributed by atoms with van der Waals surface area (Å²) in [6, 6.07) is 0. The molecule has 8 heteroatoms. The lowest BCUT2D eigenvalue weighted by Crippen LogP contribution is -2.31. The average molecular weight is 271 g/mol. The molecule has 0 radical (unpaired) electrons. The summed E-state index contributed by atoms with van der Waals surface area (Å²) in [6.07, 6.45) is 0. The van der Waals surface area contributed by atoms with Gasteiger partial charge in [-0.05, 0) is 0 Å². The highest BCUT2D eigenvalue weighted by atomic mass is 32.1. The zero-order valence-electron chi connectivity index (χ0n) is 9.89. The number of nitrogens with zero attached hydrogens (tertiary/aromatic N) is 1. The number of carbonyl (C=O) groups excluding carboxylic acids is 2. The fraction of sp³-hybridized carbons (Fsp3) is 0.400. The Labute approximate surface area is 107 Å². The molecule has 0 aliphatic rings. The van der Waals surface area contributed by atoms with Crippen LogP contribution in [0.5, 0.6) is 0 Å². The highest BCUT2D eigenvalue weighted by Crippen LogP contribution is 2.15. The summed E-state index contributed by atoms with van der Waals surface area (Å²) < 4.78 is 0. The third kappa shape index (κ3) is 4.13. The minimum absolute atomic E-state index is 0.0289. The summed E-state index contributed by atoms with van der Waals surface area (Å²) in [5.41, 5.74) is 0.154. The highest BCUT2D eigenvalue weighted by Gasteiger charge is 2.15. The zero-order chi connectivity index (χ0) is 13.7. The number of aliphatic carboxylic acids is 1. The van der Waals surface area contributed by atoms with Gasteiger partial charge in [-0.2, -0.15) is 0 Å². The Morgan fingerprint density at radius 3 is 2.72 bits per heavy atom.